The number of thiazole rings is 1. The lowest BCUT2D eigenvalue weighted by molar-refractivity contribution is 0.354. The van der Waals surface area contributed by atoms with Gasteiger partial charge in [0, 0.05) is 5.02 Å². The summed E-state index contributed by atoms with van der Waals surface area (Å²) >= 11 is 7.32. The predicted molar refractivity (Wildman–Crippen MR) is 71.3 cm³/mol. The van der Waals surface area contributed by atoms with E-state index in [9.17, 15) is 5.11 Å². The molecular weight excluding hydrogens is 270 g/mol. The largest absolute Gasteiger partial charge is 0.431 e. The van der Waals surface area contributed by atoms with Crippen LogP contribution in [0.3, 0.4) is 0 Å². The third-order valence-corrected chi connectivity index (χ3v) is 3.49. The predicted octanol–water partition coefficient (Wildman–Crippen LogP) is 4.89. The average Bonchev–Trinajstić information content (AvgIpc) is 2.73. The third kappa shape index (κ3) is 2.25. The molecule has 1 radical (unpaired) electrons. The lowest BCUT2D eigenvalue weighted by Crippen LogP contribution is -1.81. The standard InChI is InChI=1S/C13H7ClNO2S/c14-8-1-6-11-12(7-8)18-13(15-11)17-10-4-2-9(16)3-5-10/h1-7H. The zero-order valence-electron chi connectivity index (χ0n) is 9.09. The Bertz CT molecular complexity index is 694. The first-order valence-corrected chi connectivity index (χ1v) is 6.41. The van der Waals surface area contributed by atoms with E-state index in [1.807, 2.05) is 12.1 Å². The molecule has 3 rings (SSSR count). The molecule has 0 aliphatic heterocycles. The third-order valence-electron chi connectivity index (χ3n) is 2.36. The van der Waals surface area contributed by atoms with Crippen molar-refractivity contribution in [1.29, 1.82) is 0 Å². The lowest BCUT2D eigenvalue weighted by Gasteiger charge is -1.99. The normalized spacial score (nSPS) is 10.7. The highest BCUT2D eigenvalue weighted by Crippen LogP contribution is 2.33. The molecule has 0 atom stereocenters. The molecular formula is C13H7ClNO2S. The molecule has 3 aromatic rings. The number of fused-ring (bicyclic) bond motifs is 1. The van der Waals surface area contributed by atoms with Crippen LogP contribution in [0.5, 0.6) is 16.7 Å². The summed E-state index contributed by atoms with van der Waals surface area (Å²) in [5, 5.41) is 12.2. The maximum Gasteiger partial charge on any atom is 0.279 e. The number of hydrogen-bond acceptors (Lipinski definition) is 3. The Balaban J connectivity index is 1.92. The van der Waals surface area contributed by atoms with Crippen LogP contribution in [0.15, 0.2) is 42.5 Å². The summed E-state index contributed by atoms with van der Waals surface area (Å²) in [5.41, 5.74) is 0.847. The van der Waals surface area contributed by atoms with Crippen LogP contribution < -0.4 is 4.74 Å². The second kappa shape index (κ2) is 4.48. The van der Waals surface area contributed by atoms with Gasteiger partial charge < -0.3 is 4.74 Å². The first-order valence-electron chi connectivity index (χ1n) is 5.22. The van der Waals surface area contributed by atoms with Crippen LogP contribution in [-0.4, -0.2) is 4.98 Å². The number of ether oxygens (including phenoxy) is 1. The van der Waals surface area contributed by atoms with E-state index in [4.69, 9.17) is 16.3 Å². The van der Waals surface area contributed by atoms with Crippen LogP contribution in [0.1, 0.15) is 0 Å². The van der Waals surface area contributed by atoms with Gasteiger partial charge in [0.1, 0.15) is 5.75 Å². The van der Waals surface area contributed by atoms with Gasteiger partial charge in [-0.25, -0.2) is 4.98 Å². The van der Waals surface area contributed by atoms with Gasteiger partial charge in [-0.15, -0.1) is 0 Å². The highest BCUT2D eigenvalue weighted by atomic mass is 35.5. The highest BCUT2D eigenvalue weighted by Gasteiger charge is 2.06. The van der Waals surface area contributed by atoms with Crippen molar-refractivity contribution < 1.29 is 9.84 Å². The Kier molecular flexibility index (Phi) is 2.81. The molecule has 5 heteroatoms. The Morgan fingerprint density at radius 2 is 1.89 bits per heavy atom. The van der Waals surface area contributed by atoms with Gasteiger partial charge in [-0.05, 0) is 42.5 Å². The Labute approximate surface area is 112 Å². The number of aromatic nitrogens is 1. The van der Waals surface area contributed by atoms with Crippen molar-refractivity contribution in [3.63, 3.8) is 0 Å². The Morgan fingerprint density at radius 1 is 1.11 bits per heavy atom. The van der Waals surface area contributed by atoms with Crippen LogP contribution in [0.2, 0.25) is 5.02 Å². The molecule has 89 valence electrons. The fraction of sp³-hybridized carbons (Fsp3) is 0. The van der Waals surface area contributed by atoms with E-state index in [-0.39, 0.29) is 5.75 Å². The van der Waals surface area contributed by atoms with E-state index < -0.39 is 0 Å². The van der Waals surface area contributed by atoms with Crippen LogP contribution in [-0.2, 0) is 5.11 Å². The van der Waals surface area contributed by atoms with Gasteiger partial charge in [0.2, 0.25) is 0 Å². The zero-order chi connectivity index (χ0) is 12.5. The van der Waals surface area contributed by atoms with Crippen molar-refractivity contribution >= 4 is 33.2 Å². The molecule has 0 N–H and O–H groups in total. The Morgan fingerprint density at radius 3 is 2.67 bits per heavy atom. The molecule has 1 heterocycles. The summed E-state index contributed by atoms with van der Waals surface area (Å²) in [7, 11) is 0. The Hall–Kier alpha value is -1.78. The summed E-state index contributed by atoms with van der Waals surface area (Å²) in [6, 6.07) is 11.7. The van der Waals surface area contributed by atoms with Gasteiger partial charge >= 0.3 is 0 Å². The molecule has 0 aliphatic carbocycles. The fourth-order valence-corrected chi connectivity index (χ4v) is 2.64. The smallest absolute Gasteiger partial charge is 0.279 e. The maximum absolute atomic E-state index is 11.0. The van der Waals surface area contributed by atoms with E-state index in [0.29, 0.717) is 16.0 Å². The number of hydrogen-bond donors (Lipinski definition) is 0. The SMILES string of the molecule is [O]c1ccc(Oc2nc3ccc(Cl)cc3s2)cc1. The minimum atomic E-state index is -0.0431. The molecule has 18 heavy (non-hydrogen) atoms. The van der Waals surface area contributed by atoms with Crippen LogP contribution >= 0.6 is 22.9 Å². The molecule has 0 bridgehead atoms. The van der Waals surface area contributed by atoms with E-state index in [2.05, 4.69) is 4.98 Å². The minimum absolute atomic E-state index is 0.0431. The van der Waals surface area contributed by atoms with Gasteiger partial charge in [-0.2, -0.15) is 0 Å². The quantitative estimate of drug-likeness (QED) is 0.669. The molecule has 0 aliphatic rings. The highest BCUT2D eigenvalue weighted by molar-refractivity contribution is 7.20. The van der Waals surface area contributed by atoms with Crippen LogP contribution in [0.25, 0.3) is 10.2 Å². The van der Waals surface area contributed by atoms with E-state index in [1.165, 1.54) is 23.5 Å². The topological polar surface area (TPSA) is 42.0 Å². The summed E-state index contributed by atoms with van der Waals surface area (Å²) in [5.74, 6) is 0.554. The molecule has 0 unspecified atom stereocenters. The number of halogens is 1. The summed E-state index contributed by atoms with van der Waals surface area (Å²) in [6.07, 6.45) is 0. The molecule has 0 fully saturated rings. The first kappa shape index (κ1) is 11.3. The molecule has 3 nitrogen and oxygen atoms in total. The number of rotatable bonds is 2. The van der Waals surface area contributed by atoms with Crippen molar-refractivity contribution in [2.24, 2.45) is 0 Å². The molecule has 0 saturated carbocycles. The zero-order valence-corrected chi connectivity index (χ0v) is 10.7. The minimum Gasteiger partial charge on any atom is -0.431 e. The molecule has 2 aromatic carbocycles. The van der Waals surface area contributed by atoms with Crippen molar-refractivity contribution in [2.45, 2.75) is 0 Å². The monoisotopic (exact) mass is 276 g/mol. The fourth-order valence-electron chi connectivity index (χ4n) is 1.53. The summed E-state index contributed by atoms with van der Waals surface area (Å²) < 4.78 is 6.55. The second-order valence-electron chi connectivity index (χ2n) is 3.67. The average molecular weight is 277 g/mol. The van der Waals surface area contributed by atoms with Gasteiger partial charge in [0.25, 0.3) is 5.19 Å². The maximum atomic E-state index is 11.0. The van der Waals surface area contributed by atoms with E-state index in [0.717, 1.165) is 10.2 Å². The van der Waals surface area contributed by atoms with E-state index in [1.54, 1.807) is 18.2 Å². The summed E-state index contributed by atoms with van der Waals surface area (Å²) in [6.45, 7) is 0. The number of benzene rings is 2. The van der Waals surface area contributed by atoms with Crippen molar-refractivity contribution in [3.8, 4) is 16.7 Å². The van der Waals surface area contributed by atoms with Gasteiger partial charge in [0.15, 0.2) is 5.75 Å². The second-order valence-corrected chi connectivity index (χ2v) is 5.09. The van der Waals surface area contributed by atoms with Crippen molar-refractivity contribution in [1.82, 2.24) is 4.98 Å². The van der Waals surface area contributed by atoms with Crippen molar-refractivity contribution in [2.75, 3.05) is 0 Å². The molecule has 0 saturated heterocycles. The molecule has 1 aromatic heterocycles. The van der Waals surface area contributed by atoms with Gasteiger partial charge in [-0.1, -0.05) is 22.9 Å². The van der Waals surface area contributed by atoms with E-state index >= 15 is 0 Å². The first-order chi connectivity index (χ1) is 8.70. The lowest BCUT2D eigenvalue weighted by atomic mass is 10.3. The molecule has 0 amide bonds. The van der Waals surface area contributed by atoms with Crippen LogP contribution in [0.4, 0.5) is 0 Å². The van der Waals surface area contributed by atoms with Gasteiger partial charge in [-0.3, -0.25) is 5.11 Å². The van der Waals surface area contributed by atoms with Crippen LogP contribution in [0, 0.1) is 0 Å². The number of nitrogens with zero attached hydrogens (tertiary/aromatic N) is 1. The summed E-state index contributed by atoms with van der Waals surface area (Å²) in [4.78, 5) is 4.33. The van der Waals surface area contributed by atoms with Crippen molar-refractivity contribution in [3.05, 3.63) is 47.5 Å². The van der Waals surface area contributed by atoms with Gasteiger partial charge in [0.05, 0.1) is 10.2 Å². The molecule has 0 spiro atoms.